The molecular weight excluding hydrogens is 679 g/mol. The van der Waals surface area contributed by atoms with E-state index in [1.165, 1.54) is 70.6 Å². The Labute approximate surface area is 326 Å². The van der Waals surface area contributed by atoms with E-state index < -0.39 is 28.0 Å². The summed E-state index contributed by atoms with van der Waals surface area (Å²) in [7, 11) is -4.36. The molecule has 2 unspecified atom stereocenters. The van der Waals surface area contributed by atoms with Crippen molar-refractivity contribution in [3.8, 4) is 0 Å². The lowest BCUT2D eigenvalue weighted by Crippen LogP contribution is -2.46. The van der Waals surface area contributed by atoms with Gasteiger partial charge in [-0.1, -0.05) is 189 Å². The molecule has 0 aliphatic heterocycles. The minimum Gasteiger partial charge on any atom is -0.387 e. The molecule has 0 bridgehead atoms. The van der Waals surface area contributed by atoms with E-state index in [0.717, 1.165) is 83.5 Å². The molecule has 304 valence electrons. The number of hydrogen-bond acceptors (Lipinski definition) is 4. The highest BCUT2D eigenvalue weighted by Gasteiger charge is 2.24. The number of rotatable bonds is 37. The molecule has 0 aromatic heterocycles. The van der Waals surface area contributed by atoms with E-state index in [0.29, 0.717) is 6.42 Å². The SMILES string of the molecule is CC/C=C\C/C=C\C/C=C\C/C=C\C/C=C\C/C=C\CCCCCCC(=O)NC(CS(=O)(=O)O)C(O)/C=C/CCCCCCCCCCCCCCC. The molecule has 0 saturated heterocycles. The van der Waals surface area contributed by atoms with Gasteiger partial charge in [-0.25, -0.2) is 0 Å². The van der Waals surface area contributed by atoms with Crippen molar-refractivity contribution in [3.05, 3.63) is 85.1 Å². The number of aliphatic hydroxyl groups excluding tert-OH is 1. The minimum atomic E-state index is -4.36. The van der Waals surface area contributed by atoms with E-state index in [9.17, 15) is 22.9 Å². The maximum absolute atomic E-state index is 12.5. The van der Waals surface area contributed by atoms with Crippen molar-refractivity contribution < 1.29 is 22.9 Å². The van der Waals surface area contributed by atoms with Gasteiger partial charge in [-0.2, -0.15) is 8.42 Å². The van der Waals surface area contributed by atoms with Crippen LogP contribution in [0.1, 0.15) is 181 Å². The molecule has 3 N–H and O–H groups in total. The van der Waals surface area contributed by atoms with E-state index in [-0.39, 0.29) is 12.3 Å². The van der Waals surface area contributed by atoms with Gasteiger partial charge in [0.1, 0.15) is 0 Å². The van der Waals surface area contributed by atoms with E-state index in [2.05, 4.69) is 92.1 Å². The summed E-state index contributed by atoms with van der Waals surface area (Å²) < 4.78 is 32.5. The van der Waals surface area contributed by atoms with E-state index in [1.54, 1.807) is 6.08 Å². The first-order chi connectivity index (χ1) is 25.8. The first-order valence-electron chi connectivity index (χ1n) is 21.3. The van der Waals surface area contributed by atoms with Crippen molar-refractivity contribution in [2.24, 2.45) is 0 Å². The Balaban J connectivity index is 4.00. The molecule has 0 aromatic rings. The van der Waals surface area contributed by atoms with Gasteiger partial charge in [-0.05, 0) is 70.6 Å². The lowest BCUT2D eigenvalue weighted by atomic mass is 10.0. The molecule has 0 aliphatic rings. The van der Waals surface area contributed by atoms with Crippen LogP contribution in [-0.2, 0) is 14.9 Å². The summed E-state index contributed by atoms with van der Waals surface area (Å²) >= 11 is 0. The Kier molecular flexibility index (Phi) is 37.4. The van der Waals surface area contributed by atoms with Crippen LogP contribution < -0.4 is 5.32 Å². The maximum atomic E-state index is 12.5. The molecule has 0 fully saturated rings. The monoisotopic (exact) mass is 758 g/mol. The van der Waals surface area contributed by atoms with Gasteiger partial charge in [0.15, 0.2) is 0 Å². The Hall–Kier alpha value is -2.48. The average Bonchev–Trinajstić information content (AvgIpc) is 3.12. The van der Waals surface area contributed by atoms with Crippen LogP contribution in [0, 0.1) is 0 Å². The van der Waals surface area contributed by atoms with Crippen molar-refractivity contribution in [1.82, 2.24) is 5.32 Å². The van der Waals surface area contributed by atoms with Crippen LogP contribution in [0.5, 0.6) is 0 Å². The topological polar surface area (TPSA) is 104 Å². The zero-order valence-electron chi connectivity index (χ0n) is 33.9. The molecule has 0 saturated carbocycles. The van der Waals surface area contributed by atoms with Crippen LogP contribution in [0.15, 0.2) is 85.1 Å². The fourth-order valence-corrected chi connectivity index (χ4v) is 6.66. The standard InChI is InChI=1S/C46H79NO5S/c1-3-5-7-9-11-13-15-17-19-20-21-22-23-24-25-26-28-30-32-34-36-38-40-42-46(49)47-44(43-53(50,51)52)45(48)41-39-37-35-33-31-29-27-18-16-14-12-10-8-6-4-2/h5,7,11,13,17,19,21-22,24-25,28,30,39,41,44-45,48H,3-4,6,8-10,12,14-16,18,20,23,26-27,29,31-38,40,42-43H2,1-2H3,(H,47,49)(H,50,51,52)/b7-5-,13-11-,19-17-,22-21-,25-24-,30-28-,41-39+. The fraction of sp³-hybridized carbons (Fsp3) is 0.674. The number of unbranched alkanes of at least 4 members (excludes halogenated alkanes) is 17. The molecule has 0 radical (unpaired) electrons. The van der Waals surface area contributed by atoms with Gasteiger partial charge in [-0.15, -0.1) is 0 Å². The van der Waals surface area contributed by atoms with Gasteiger partial charge >= 0.3 is 0 Å². The smallest absolute Gasteiger partial charge is 0.267 e. The predicted molar refractivity (Wildman–Crippen MR) is 230 cm³/mol. The second kappa shape index (κ2) is 39.2. The molecular formula is C46H79NO5S. The Morgan fingerprint density at radius 3 is 1.34 bits per heavy atom. The molecule has 7 heteroatoms. The predicted octanol–water partition coefficient (Wildman–Crippen LogP) is 12.8. The van der Waals surface area contributed by atoms with Crippen molar-refractivity contribution >= 4 is 16.0 Å². The number of carbonyl (C=O) groups excluding carboxylic acids is 1. The lowest BCUT2D eigenvalue weighted by molar-refractivity contribution is -0.122. The number of allylic oxidation sites excluding steroid dienone is 13. The molecule has 0 rings (SSSR count). The van der Waals surface area contributed by atoms with Gasteiger partial charge in [0.25, 0.3) is 10.1 Å². The Morgan fingerprint density at radius 1 is 0.528 bits per heavy atom. The number of aliphatic hydroxyl groups is 1. The highest BCUT2D eigenvalue weighted by Crippen LogP contribution is 2.14. The third-order valence-corrected chi connectivity index (χ3v) is 9.86. The molecule has 53 heavy (non-hydrogen) atoms. The van der Waals surface area contributed by atoms with Crippen LogP contribution in [0.2, 0.25) is 0 Å². The number of nitrogens with one attached hydrogen (secondary N) is 1. The van der Waals surface area contributed by atoms with Gasteiger partial charge in [-0.3, -0.25) is 9.35 Å². The van der Waals surface area contributed by atoms with Gasteiger partial charge in [0.2, 0.25) is 5.91 Å². The molecule has 0 aromatic carbocycles. The number of amides is 1. The zero-order valence-corrected chi connectivity index (χ0v) is 34.7. The maximum Gasteiger partial charge on any atom is 0.267 e. The quantitative estimate of drug-likeness (QED) is 0.0332. The minimum absolute atomic E-state index is 0.261. The third-order valence-electron chi connectivity index (χ3n) is 9.08. The third kappa shape index (κ3) is 40.5. The molecule has 0 aliphatic carbocycles. The van der Waals surface area contributed by atoms with E-state index >= 15 is 0 Å². The summed E-state index contributed by atoms with van der Waals surface area (Å²) in [6.07, 6.45) is 57.0. The largest absolute Gasteiger partial charge is 0.387 e. The number of hydrogen-bond donors (Lipinski definition) is 3. The van der Waals surface area contributed by atoms with Crippen LogP contribution >= 0.6 is 0 Å². The van der Waals surface area contributed by atoms with Gasteiger partial charge in [0.05, 0.1) is 17.9 Å². The van der Waals surface area contributed by atoms with Crippen LogP contribution in [0.3, 0.4) is 0 Å². The van der Waals surface area contributed by atoms with Crippen LogP contribution in [-0.4, -0.2) is 41.9 Å². The number of carbonyl (C=O) groups is 1. The molecule has 0 heterocycles. The Bertz CT molecular complexity index is 1150. The second-order valence-corrected chi connectivity index (χ2v) is 15.7. The summed E-state index contributed by atoms with van der Waals surface area (Å²) in [6, 6.07) is -1.08. The molecule has 1 amide bonds. The highest BCUT2D eigenvalue weighted by molar-refractivity contribution is 7.85. The van der Waals surface area contributed by atoms with Crippen LogP contribution in [0.25, 0.3) is 0 Å². The fourth-order valence-electron chi connectivity index (χ4n) is 5.92. The van der Waals surface area contributed by atoms with Crippen molar-refractivity contribution in [2.45, 2.75) is 193 Å². The molecule has 6 nitrogen and oxygen atoms in total. The van der Waals surface area contributed by atoms with E-state index in [4.69, 9.17) is 0 Å². The van der Waals surface area contributed by atoms with Gasteiger partial charge in [0, 0.05) is 6.42 Å². The van der Waals surface area contributed by atoms with E-state index in [1.807, 2.05) is 6.08 Å². The average molecular weight is 758 g/mol. The van der Waals surface area contributed by atoms with Crippen molar-refractivity contribution in [2.75, 3.05) is 5.75 Å². The summed E-state index contributed by atoms with van der Waals surface area (Å²) in [4.78, 5) is 12.5. The summed E-state index contributed by atoms with van der Waals surface area (Å²) in [5.74, 6) is -1.02. The van der Waals surface area contributed by atoms with Gasteiger partial charge < -0.3 is 10.4 Å². The van der Waals surface area contributed by atoms with Crippen molar-refractivity contribution in [3.63, 3.8) is 0 Å². The lowest BCUT2D eigenvalue weighted by Gasteiger charge is -2.21. The molecule has 2 atom stereocenters. The molecule has 0 spiro atoms. The second-order valence-electron chi connectivity index (χ2n) is 14.2. The summed E-state index contributed by atoms with van der Waals surface area (Å²) in [6.45, 7) is 4.40. The highest BCUT2D eigenvalue weighted by atomic mass is 32.2. The first kappa shape index (κ1) is 50.5. The normalized spacial score (nSPS) is 14.1. The Morgan fingerprint density at radius 2 is 0.906 bits per heavy atom. The van der Waals surface area contributed by atoms with Crippen LogP contribution in [0.4, 0.5) is 0 Å². The summed E-state index contributed by atoms with van der Waals surface area (Å²) in [5, 5.41) is 13.2. The first-order valence-corrected chi connectivity index (χ1v) is 22.9. The zero-order chi connectivity index (χ0) is 38.9. The summed E-state index contributed by atoms with van der Waals surface area (Å²) in [5.41, 5.74) is 0. The van der Waals surface area contributed by atoms with Crippen molar-refractivity contribution in [1.29, 1.82) is 0 Å².